The van der Waals surface area contributed by atoms with E-state index in [1.54, 1.807) is 40.7 Å². The number of amides is 2. The Bertz CT molecular complexity index is 1210. The Labute approximate surface area is 228 Å². The van der Waals surface area contributed by atoms with E-state index in [4.69, 9.17) is 14.7 Å². The Morgan fingerprint density at radius 1 is 1.03 bits per heavy atom. The summed E-state index contributed by atoms with van der Waals surface area (Å²) < 4.78 is 13.6. The molecule has 1 saturated heterocycles. The summed E-state index contributed by atoms with van der Waals surface area (Å²) >= 11 is 3.17. The summed E-state index contributed by atoms with van der Waals surface area (Å²) in [6, 6.07) is 15.0. The highest BCUT2D eigenvalue weighted by Crippen LogP contribution is 2.39. The van der Waals surface area contributed by atoms with Crippen LogP contribution in [-0.4, -0.2) is 44.2 Å². The van der Waals surface area contributed by atoms with Crippen LogP contribution in [0.5, 0.6) is 0 Å². The van der Waals surface area contributed by atoms with Crippen LogP contribution < -0.4 is 10.8 Å². The third kappa shape index (κ3) is 8.06. The Morgan fingerprint density at radius 3 is 2.39 bits per heavy atom. The lowest BCUT2D eigenvalue weighted by Crippen LogP contribution is -2.31. The maximum atomic E-state index is 12.2. The van der Waals surface area contributed by atoms with E-state index in [-0.39, 0.29) is 37.6 Å². The zero-order chi connectivity index (χ0) is 26.9. The van der Waals surface area contributed by atoms with Gasteiger partial charge in [0.05, 0.1) is 18.8 Å². The molecule has 2 heterocycles. The fraction of sp³-hybridized carbons (Fsp3) is 0.385. The zero-order valence-electron chi connectivity index (χ0n) is 20.8. The van der Waals surface area contributed by atoms with E-state index in [1.807, 2.05) is 43.3 Å². The molecule has 4 rings (SSSR count). The van der Waals surface area contributed by atoms with E-state index >= 15 is 0 Å². The van der Waals surface area contributed by atoms with Gasteiger partial charge in [0.1, 0.15) is 5.01 Å². The van der Waals surface area contributed by atoms with Crippen molar-refractivity contribution in [2.45, 2.75) is 62.1 Å². The minimum Gasteiger partial charge on any atom is -0.392 e. The molecule has 3 atom stereocenters. The molecule has 12 heteroatoms. The van der Waals surface area contributed by atoms with Gasteiger partial charge in [0.25, 0.3) is 0 Å². The van der Waals surface area contributed by atoms with Crippen molar-refractivity contribution in [2.24, 2.45) is 0 Å². The van der Waals surface area contributed by atoms with Crippen molar-refractivity contribution >= 4 is 40.6 Å². The number of thioether (sulfide) groups is 1. The predicted molar refractivity (Wildman–Crippen MR) is 143 cm³/mol. The van der Waals surface area contributed by atoms with Crippen molar-refractivity contribution in [3.63, 3.8) is 0 Å². The number of aromatic nitrogens is 2. The second kappa shape index (κ2) is 13.8. The lowest BCUT2D eigenvalue weighted by Gasteiger charge is -2.36. The monoisotopic (exact) mass is 558 g/mol. The molecule has 2 aromatic carbocycles. The number of nitrogens with one attached hydrogen (secondary N) is 2. The molecular weight excluding hydrogens is 528 g/mol. The molecule has 10 nitrogen and oxygen atoms in total. The van der Waals surface area contributed by atoms with Crippen LogP contribution in [0.25, 0.3) is 0 Å². The molecule has 1 aliphatic heterocycles. The normalized spacial score (nSPS) is 19.2. The molecule has 202 valence electrons. The predicted octanol–water partition coefficient (Wildman–Crippen LogP) is 4.29. The number of hydroxylamine groups is 1. The molecule has 3 unspecified atom stereocenters. The van der Waals surface area contributed by atoms with Crippen LogP contribution in [0.4, 0.5) is 5.69 Å². The average molecular weight is 559 g/mol. The van der Waals surface area contributed by atoms with E-state index in [1.165, 1.54) is 0 Å². The first-order valence-corrected chi connectivity index (χ1v) is 14.0. The number of carbonyl (C=O) groups is 2. The summed E-state index contributed by atoms with van der Waals surface area (Å²) in [6.07, 6.45) is 0.337. The average Bonchev–Trinajstić information content (AvgIpc) is 3.37. The van der Waals surface area contributed by atoms with Crippen molar-refractivity contribution in [1.82, 2.24) is 15.7 Å². The number of hydrogen-bond donors (Lipinski definition) is 4. The van der Waals surface area contributed by atoms with Crippen LogP contribution in [0.3, 0.4) is 0 Å². The Kier molecular flexibility index (Phi) is 10.2. The number of hydrogen-bond acceptors (Lipinski definition) is 10. The van der Waals surface area contributed by atoms with E-state index < -0.39 is 12.2 Å². The third-order valence-corrected chi connectivity index (χ3v) is 8.02. The van der Waals surface area contributed by atoms with Gasteiger partial charge < -0.3 is 19.9 Å². The van der Waals surface area contributed by atoms with Crippen LogP contribution in [-0.2, 0) is 25.7 Å². The highest BCUT2D eigenvalue weighted by Gasteiger charge is 2.32. The van der Waals surface area contributed by atoms with Gasteiger partial charge in [-0.05, 0) is 36.6 Å². The highest BCUT2D eigenvalue weighted by molar-refractivity contribution is 8.01. The minimum absolute atomic E-state index is 0.0149. The number of carbonyl (C=O) groups excluding carboxylic acids is 2. The van der Waals surface area contributed by atoms with Crippen LogP contribution in [0, 0.1) is 6.92 Å². The summed E-state index contributed by atoms with van der Waals surface area (Å²) in [4.78, 5) is 23.3. The third-order valence-electron chi connectivity index (χ3n) is 5.91. The number of rotatable bonds is 11. The van der Waals surface area contributed by atoms with Gasteiger partial charge in [-0.3, -0.25) is 14.8 Å². The highest BCUT2D eigenvalue weighted by atomic mass is 32.2. The van der Waals surface area contributed by atoms with Gasteiger partial charge in [-0.15, -0.1) is 10.2 Å². The number of ether oxygens (including phenoxy) is 2. The number of aliphatic hydroxyl groups is 1. The molecule has 0 bridgehead atoms. The molecule has 1 aliphatic rings. The largest absolute Gasteiger partial charge is 0.392 e. The zero-order valence-corrected chi connectivity index (χ0v) is 22.5. The van der Waals surface area contributed by atoms with E-state index in [9.17, 15) is 14.7 Å². The van der Waals surface area contributed by atoms with Gasteiger partial charge in [0.2, 0.25) is 11.8 Å². The second-order valence-corrected chi connectivity index (χ2v) is 11.3. The van der Waals surface area contributed by atoms with Crippen LogP contribution >= 0.6 is 23.1 Å². The summed E-state index contributed by atoms with van der Waals surface area (Å²) in [7, 11) is 0. The van der Waals surface area contributed by atoms with Gasteiger partial charge in [-0.25, -0.2) is 5.48 Å². The molecule has 3 aromatic rings. The maximum absolute atomic E-state index is 12.2. The molecule has 1 aromatic heterocycles. The molecule has 0 radical (unpaired) electrons. The molecule has 1 fully saturated rings. The summed E-state index contributed by atoms with van der Waals surface area (Å²) in [5.74, 6) is -0.0428. The Balaban J connectivity index is 1.41. The van der Waals surface area contributed by atoms with E-state index in [0.717, 1.165) is 26.0 Å². The summed E-state index contributed by atoms with van der Waals surface area (Å²) in [5.41, 5.74) is 4.84. The van der Waals surface area contributed by atoms with Gasteiger partial charge in [0, 0.05) is 36.3 Å². The van der Waals surface area contributed by atoms with Crippen molar-refractivity contribution in [2.75, 3.05) is 11.1 Å². The molecule has 0 aliphatic carbocycles. The van der Waals surface area contributed by atoms with E-state index in [2.05, 4.69) is 15.5 Å². The van der Waals surface area contributed by atoms with Crippen LogP contribution in [0.1, 0.15) is 59.8 Å². The quantitative estimate of drug-likeness (QED) is 0.154. The van der Waals surface area contributed by atoms with Crippen molar-refractivity contribution in [1.29, 1.82) is 0 Å². The first kappa shape index (κ1) is 28.1. The van der Waals surface area contributed by atoms with Gasteiger partial charge >= 0.3 is 0 Å². The van der Waals surface area contributed by atoms with Crippen molar-refractivity contribution < 1.29 is 29.4 Å². The fourth-order valence-corrected chi connectivity index (χ4v) is 5.80. The molecule has 0 saturated carbocycles. The number of aryl methyl sites for hydroxylation is 1. The topological polar surface area (TPSA) is 143 Å². The van der Waals surface area contributed by atoms with Crippen LogP contribution in [0.15, 0.2) is 52.9 Å². The molecule has 4 N–H and O–H groups in total. The molecular formula is C26H30N4O6S2. The lowest BCUT2D eigenvalue weighted by atomic mass is 10.0. The standard InChI is InChI=1S/C26H30N4O6S2/c1-16-28-29-26(38-16)37-15-21-13-22(18-7-5-17(14-31)6-8-18)36-25(35-21)19-9-11-20(12-10-19)27-23(32)3-2-4-24(33)30-34/h5-12,21-22,25,31,34H,2-4,13-15H2,1H3,(H,27,32)(H,30,33). The number of anilines is 1. The number of nitrogens with zero attached hydrogens (tertiary/aromatic N) is 2. The van der Waals surface area contributed by atoms with Crippen LogP contribution in [0.2, 0.25) is 0 Å². The fourth-order valence-electron chi connectivity index (χ4n) is 3.94. The van der Waals surface area contributed by atoms with Gasteiger partial charge in [0.15, 0.2) is 10.6 Å². The number of benzene rings is 2. The first-order valence-electron chi connectivity index (χ1n) is 12.2. The van der Waals surface area contributed by atoms with Crippen molar-refractivity contribution in [3.8, 4) is 0 Å². The van der Waals surface area contributed by atoms with Gasteiger partial charge in [-0.2, -0.15) is 0 Å². The Morgan fingerprint density at radius 2 is 1.74 bits per heavy atom. The Hall–Kier alpha value is -2.87. The first-order chi connectivity index (χ1) is 18.4. The van der Waals surface area contributed by atoms with Crippen molar-refractivity contribution in [3.05, 3.63) is 70.2 Å². The second-order valence-electron chi connectivity index (χ2n) is 8.81. The van der Waals surface area contributed by atoms with E-state index in [0.29, 0.717) is 24.3 Å². The number of aliphatic hydroxyl groups excluding tert-OH is 1. The molecule has 0 spiro atoms. The minimum atomic E-state index is -0.602. The summed E-state index contributed by atoms with van der Waals surface area (Å²) in [5, 5.41) is 29.9. The maximum Gasteiger partial charge on any atom is 0.243 e. The summed E-state index contributed by atoms with van der Waals surface area (Å²) in [6.45, 7) is 1.91. The lowest BCUT2D eigenvalue weighted by molar-refractivity contribution is -0.245. The SMILES string of the molecule is Cc1nnc(SCC2CC(c3ccc(CO)cc3)OC(c3ccc(NC(=O)CCCC(=O)NO)cc3)O2)s1. The van der Waals surface area contributed by atoms with Gasteiger partial charge in [-0.1, -0.05) is 59.5 Å². The molecule has 38 heavy (non-hydrogen) atoms. The molecule has 2 amide bonds. The smallest absolute Gasteiger partial charge is 0.243 e.